The molecule has 98 valence electrons. The van der Waals surface area contributed by atoms with E-state index in [9.17, 15) is 0 Å². The van der Waals surface area contributed by atoms with Crippen LogP contribution in [0.2, 0.25) is 0 Å². The Morgan fingerprint density at radius 3 is 2.94 bits per heavy atom. The molecule has 1 fully saturated rings. The average molecular weight is 246 g/mol. The maximum absolute atomic E-state index is 5.98. The quantitative estimate of drug-likeness (QED) is 0.878. The fourth-order valence-corrected chi connectivity index (χ4v) is 3.15. The molecule has 0 atom stereocenters. The van der Waals surface area contributed by atoms with Crippen LogP contribution in [0.15, 0.2) is 18.2 Å². The molecule has 3 heteroatoms. The molecule has 2 aliphatic heterocycles. The molecule has 2 heterocycles. The van der Waals surface area contributed by atoms with Gasteiger partial charge >= 0.3 is 0 Å². The minimum atomic E-state index is 0.339. The van der Waals surface area contributed by atoms with E-state index < -0.39 is 0 Å². The Balaban J connectivity index is 1.63. The molecule has 2 aliphatic rings. The normalized spacial score (nSPS) is 22.1. The molecule has 1 N–H and O–H groups in total. The minimum absolute atomic E-state index is 0.339. The van der Waals surface area contributed by atoms with E-state index in [0.717, 1.165) is 45.0 Å². The molecule has 1 aromatic rings. The van der Waals surface area contributed by atoms with E-state index in [2.05, 4.69) is 42.4 Å². The third-order valence-electron chi connectivity index (χ3n) is 3.95. The van der Waals surface area contributed by atoms with Crippen LogP contribution in [0.25, 0.3) is 0 Å². The highest BCUT2D eigenvalue weighted by molar-refractivity contribution is 5.37. The molecule has 0 radical (unpaired) electrons. The lowest BCUT2D eigenvalue weighted by atomic mass is 9.83. The number of ether oxygens (including phenoxy) is 1. The zero-order chi connectivity index (χ0) is 12.6. The summed E-state index contributed by atoms with van der Waals surface area (Å²) in [4.78, 5) is 2.34. The van der Waals surface area contributed by atoms with Gasteiger partial charge in [0.2, 0.25) is 0 Å². The van der Waals surface area contributed by atoms with Crippen LogP contribution < -0.4 is 10.1 Å². The van der Waals surface area contributed by atoms with Crippen molar-refractivity contribution in [2.75, 3.05) is 33.3 Å². The van der Waals surface area contributed by atoms with E-state index in [1.807, 2.05) is 0 Å². The number of rotatable bonds is 3. The summed E-state index contributed by atoms with van der Waals surface area (Å²) in [6, 6.07) is 6.53. The monoisotopic (exact) mass is 246 g/mol. The Morgan fingerprint density at radius 1 is 1.33 bits per heavy atom. The summed E-state index contributed by atoms with van der Waals surface area (Å²) in [5, 5.41) is 3.39. The highest BCUT2D eigenvalue weighted by atomic mass is 16.5. The highest BCUT2D eigenvalue weighted by Crippen LogP contribution is 2.29. The summed E-state index contributed by atoms with van der Waals surface area (Å²) in [5.74, 6) is 1.03. The van der Waals surface area contributed by atoms with Crippen LogP contribution in [0.4, 0.5) is 0 Å². The van der Waals surface area contributed by atoms with Crippen molar-refractivity contribution in [3.63, 3.8) is 0 Å². The molecule has 3 nitrogen and oxygen atoms in total. The fraction of sp³-hybridized carbons (Fsp3) is 0.600. The van der Waals surface area contributed by atoms with Gasteiger partial charge in [-0.1, -0.05) is 13.0 Å². The molecule has 0 aromatic heterocycles. The van der Waals surface area contributed by atoms with Gasteiger partial charge in [-0.15, -0.1) is 0 Å². The van der Waals surface area contributed by atoms with Crippen molar-refractivity contribution >= 4 is 0 Å². The van der Waals surface area contributed by atoms with Crippen molar-refractivity contribution in [3.8, 4) is 5.75 Å². The molecule has 0 unspecified atom stereocenters. The number of fused-ring (bicyclic) bond motifs is 1. The van der Waals surface area contributed by atoms with E-state index in [-0.39, 0.29) is 0 Å². The third-order valence-corrected chi connectivity index (χ3v) is 3.95. The third kappa shape index (κ3) is 2.38. The van der Waals surface area contributed by atoms with Crippen LogP contribution in [-0.4, -0.2) is 38.2 Å². The lowest BCUT2D eigenvalue weighted by molar-refractivity contribution is -0.00139. The van der Waals surface area contributed by atoms with Crippen molar-refractivity contribution in [1.29, 1.82) is 0 Å². The topological polar surface area (TPSA) is 24.5 Å². The first-order valence-corrected chi connectivity index (χ1v) is 6.79. The van der Waals surface area contributed by atoms with Gasteiger partial charge in [0, 0.05) is 25.0 Å². The van der Waals surface area contributed by atoms with Crippen LogP contribution >= 0.6 is 0 Å². The second-order valence-electron chi connectivity index (χ2n) is 6.13. The lowest BCUT2D eigenvalue weighted by Gasteiger charge is -2.45. The Bertz CT molecular complexity index is 438. The van der Waals surface area contributed by atoms with Gasteiger partial charge in [0.15, 0.2) is 0 Å². The Labute approximate surface area is 109 Å². The zero-order valence-electron chi connectivity index (χ0n) is 11.3. The molecule has 0 bridgehead atoms. The minimum Gasteiger partial charge on any atom is -0.493 e. The molecule has 18 heavy (non-hydrogen) atoms. The molecule has 1 aromatic carbocycles. The molecule has 1 saturated heterocycles. The van der Waals surface area contributed by atoms with Gasteiger partial charge in [0.05, 0.1) is 6.61 Å². The molecule has 3 rings (SSSR count). The molecule has 0 aliphatic carbocycles. The zero-order valence-corrected chi connectivity index (χ0v) is 11.3. The smallest absolute Gasteiger partial charge is 0.119 e. The molecule has 0 spiro atoms. The van der Waals surface area contributed by atoms with Crippen LogP contribution in [0, 0.1) is 5.41 Å². The number of benzene rings is 1. The van der Waals surface area contributed by atoms with Crippen molar-refractivity contribution in [1.82, 2.24) is 10.2 Å². The van der Waals surface area contributed by atoms with E-state index in [0.29, 0.717) is 5.41 Å². The number of nitrogens with one attached hydrogen (secondary N) is 1. The highest BCUT2D eigenvalue weighted by Gasteiger charge is 2.37. The Kier molecular flexibility index (Phi) is 3.04. The van der Waals surface area contributed by atoms with Crippen LogP contribution in [-0.2, 0) is 13.0 Å². The molecule has 0 saturated carbocycles. The van der Waals surface area contributed by atoms with Gasteiger partial charge in [-0.2, -0.15) is 0 Å². The summed E-state index contributed by atoms with van der Waals surface area (Å²) in [7, 11) is 2.16. The van der Waals surface area contributed by atoms with Gasteiger partial charge in [-0.05, 0) is 43.3 Å². The standard InChI is InChI=1S/C15H22N2O/c1-15(9-17(2)10-15)11-18-14-4-3-13-8-16-6-5-12(13)7-14/h3-4,7,16H,5-6,8-11H2,1-2H3. The Morgan fingerprint density at radius 2 is 2.17 bits per heavy atom. The SMILES string of the molecule is CN1CC(C)(COc2ccc3c(c2)CCNC3)C1. The van der Waals surface area contributed by atoms with Crippen LogP contribution in [0.3, 0.4) is 0 Å². The first-order valence-electron chi connectivity index (χ1n) is 6.79. The first kappa shape index (κ1) is 12.0. The summed E-state index contributed by atoms with van der Waals surface area (Å²) < 4.78 is 5.98. The number of hydrogen-bond donors (Lipinski definition) is 1. The summed E-state index contributed by atoms with van der Waals surface area (Å²) in [6.07, 6.45) is 1.12. The Hall–Kier alpha value is -1.06. The maximum atomic E-state index is 5.98. The molecule has 0 amide bonds. The second-order valence-corrected chi connectivity index (χ2v) is 6.13. The van der Waals surface area contributed by atoms with Gasteiger partial charge in [0.25, 0.3) is 0 Å². The van der Waals surface area contributed by atoms with Gasteiger partial charge in [-0.3, -0.25) is 0 Å². The predicted molar refractivity (Wildman–Crippen MR) is 73.0 cm³/mol. The fourth-order valence-electron chi connectivity index (χ4n) is 3.15. The van der Waals surface area contributed by atoms with Gasteiger partial charge in [-0.25, -0.2) is 0 Å². The van der Waals surface area contributed by atoms with Crippen LogP contribution in [0.1, 0.15) is 18.1 Å². The maximum Gasteiger partial charge on any atom is 0.119 e. The lowest BCUT2D eigenvalue weighted by Crippen LogP contribution is -2.55. The van der Waals surface area contributed by atoms with Crippen molar-refractivity contribution < 1.29 is 4.74 Å². The summed E-state index contributed by atoms with van der Waals surface area (Å²) >= 11 is 0. The predicted octanol–water partition coefficient (Wildman–Crippen LogP) is 1.66. The second kappa shape index (κ2) is 4.56. The van der Waals surface area contributed by atoms with E-state index in [1.54, 1.807) is 0 Å². The van der Waals surface area contributed by atoms with Crippen LogP contribution in [0.5, 0.6) is 5.75 Å². The van der Waals surface area contributed by atoms with E-state index in [4.69, 9.17) is 4.74 Å². The van der Waals surface area contributed by atoms with Crippen molar-refractivity contribution in [2.24, 2.45) is 5.41 Å². The molecular formula is C15H22N2O. The number of nitrogens with zero attached hydrogens (tertiary/aromatic N) is 1. The number of likely N-dealkylation sites (tertiary alicyclic amines) is 1. The van der Waals surface area contributed by atoms with Crippen molar-refractivity contribution in [2.45, 2.75) is 19.9 Å². The summed E-state index contributed by atoms with van der Waals surface area (Å²) in [6.45, 7) is 7.49. The first-order chi connectivity index (χ1) is 8.65. The average Bonchev–Trinajstić information content (AvgIpc) is 2.34. The number of hydrogen-bond acceptors (Lipinski definition) is 3. The summed E-state index contributed by atoms with van der Waals surface area (Å²) in [5.41, 5.74) is 3.21. The van der Waals surface area contributed by atoms with E-state index >= 15 is 0 Å². The molecular weight excluding hydrogens is 224 g/mol. The van der Waals surface area contributed by atoms with Crippen molar-refractivity contribution in [3.05, 3.63) is 29.3 Å². The largest absolute Gasteiger partial charge is 0.493 e. The van der Waals surface area contributed by atoms with Gasteiger partial charge < -0.3 is 15.0 Å². The van der Waals surface area contributed by atoms with E-state index in [1.165, 1.54) is 11.1 Å². The van der Waals surface area contributed by atoms with Gasteiger partial charge in [0.1, 0.15) is 5.75 Å².